The first-order chi connectivity index (χ1) is 7.18. The Balaban J connectivity index is 2.52. The number of anilines is 1. The van der Waals surface area contributed by atoms with Gasteiger partial charge in [-0.25, -0.2) is 4.98 Å². The van der Waals surface area contributed by atoms with Crippen LogP contribution in [0.3, 0.4) is 0 Å². The highest BCUT2D eigenvalue weighted by Crippen LogP contribution is 2.30. The van der Waals surface area contributed by atoms with Crippen molar-refractivity contribution in [1.82, 2.24) is 9.36 Å². The summed E-state index contributed by atoms with van der Waals surface area (Å²) in [5.41, 5.74) is 2.32. The molecule has 0 saturated heterocycles. The molecule has 1 heterocycles. The monoisotopic (exact) mass is 219 g/mol. The standard InChI is InChI=1S/C11H13N3S/c1-8-12-11(15-13-8)9-6-4-5-7-10(9)14(2)3/h4-7H,1-3H3. The Labute approximate surface area is 93.6 Å². The molecular formula is C11H13N3S. The number of benzene rings is 1. The lowest BCUT2D eigenvalue weighted by molar-refractivity contribution is 1.13. The number of nitrogens with zero attached hydrogens (tertiary/aromatic N) is 3. The van der Waals surface area contributed by atoms with E-state index < -0.39 is 0 Å². The van der Waals surface area contributed by atoms with Gasteiger partial charge in [0.1, 0.15) is 10.8 Å². The molecule has 0 aliphatic rings. The van der Waals surface area contributed by atoms with E-state index in [1.54, 1.807) is 0 Å². The van der Waals surface area contributed by atoms with Crippen molar-refractivity contribution in [3.8, 4) is 10.6 Å². The van der Waals surface area contributed by atoms with Crippen LogP contribution in [-0.4, -0.2) is 23.5 Å². The minimum Gasteiger partial charge on any atom is -0.377 e. The molecule has 0 saturated carbocycles. The highest BCUT2D eigenvalue weighted by atomic mass is 32.1. The topological polar surface area (TPSA) is 29.0 Å². The maximum Gasteiger partial charge on any atom is 0.146 e. The van der Waals surface area contributed by atoms with E-state index in [0.29, 0.717) is 0 Å². The fourth-order valence-electron chi connectivity index (χ4n) is 1.45. The lowest BCUT2D eigenvalue weighted by Crippen LogP contribution is -2.09. The van der Waals surface area contributed by atoms with Gasteiger partial charge in [-0.05, 0) is 30.6 Å². The van der Waals surface area contributed by atoms with Crippen LogP contribution in [0.2, 0.25) is 0 Å². The van der Waals surface area contributed by atoms with Crippen LogP contribution in [0.25, 0.3) is 10.6 Å². The molecule has 1 aromatic heterocycles. The van der Waals surface area contributed by atoms with Gasteiger partial charge in [-0.15, -0.1) is 0 Å². The van der Waals surface area contributed by atoms with Crippen LogP contribution in [0.15, 0.2) is 24.3 Å². The largest absolute Gasteiger partial charge is 0.377 e. The van der Waals surface area contributed by atoms with Crippen molar-refractivity contribution < 1.29 is 0 Å². The van der Waals surface area contributed by atoms with Crippen molar-refractivity contribution >= 4 is 17.2 Å². The van der Waals surface area contributed by atoms with E-state index in [0.717, 1.165) is 16.4 Å². The Morgan fingerprint density at radius 3 is 2.53 bits per heavy atom. The van der Waals surface area contributed by atoms with Crippen molar-refractivity contribution in [1.29, 1.82) is 0 Å². The molecule has 0 spiro atoms. The Morgan fingerprint density at radius 2 is 1.93 bits per heavy atom. The SMILES string of the molecule is Cc1nsc(-c2ccccc2N(C)C)n1. The second-order valence-corrected chi connectivity index (χ2v) is 4.31. The van der Waals surface area contributed by atoms with Gasteiger partial charge in [-0.2, -0.15) is 4.37 Å². The van der Waals surface area contributed by atoms with Crippen molar-refractivity contribution in [2.24, 2.45) is 0 Å². The fourth-order valence-corrected chi connectivity index (χ4v) is 2.15. The van der Waals surface area contributed by atoms with Gasteiger partial charge in [-0.3, -0.25) is 0 Å². The van der Waals surface area contributed by atoms with E-state index in [2.05, 4.69) is 26.4 Å². The molecule has 2 aromatic rings. The molecule has 0 bridgehead atoms. The summed E-state index contributed by atoms with van der Waals surface area (Å²) >= 11 is 1.45. The molecule has 0 atom stereocenters. The molecule has 2 rings (SSSR count). The predicted octanol–water partition coefficient (Wildman–Crippen LogP) is 2.58. The fraction of sp³-hybridized carbons (Fsp3) is 0.273. The first kappa shape index (κ1) is 10.1. The summed E-state index contributed by atoms with van der Waals surface area (Å²) in [6.07, 6.45) is 0. The van der Waals surface area contributed by atoms with E-state index in [4.69, 9.17) is 0 Å². The number of hydrogen-bond acceptors (Lipinski definition) is 4. The molecule has 1 aromatic carbocycles. The first-order valence-electron chi connectivity index (χ1n) is 4.75. The van der Waals surface area contributed by atoms with Crippen LogP contribution < -0.4 is 4.90 Å². The number of aryl methyl sites for hydroxylation is 1. The quantitative estimate of drug-likeness (QED) is 0.777. The average Bonchev–Trinajstić information content (AvgIpc) is 2.65. The number of hydrogen-bond donors (Lipinski definition) is 0. The molecule has 0 radical (unpaired) electrons. The maximum absolute atomic E-state index is 4.40. The molecule has 0 amide bonds. The van der Waals surface area contributed by atoms with Crippen LogP contribution in [0, 0.1) is 6.92 Å². The van der Waals surface area contributed by atoms with Crippen molar-refractivity contribution in [3.05, 3.63) is 30.1 Å². The zero-order valence-electron chi connectivity index (χ0n) is 9.06. The lowest BCUT2D eigenvalue weighted by atomic mass is 10.2. The molecule has 4 heteroatoms. The third kappa shape index (κ3) is 1.99. The Bertz CT molecular complexity index is 462. The van der Waals surface area contributed by atoms with Gasteiger partial charge in [0.05, 0.1) is 0 Å². The summed E-state index contributed by atoms with van der Waals surface area (Å²) < 4.78 is 4.21. The number of rotatable bonds is 2. The molecule has 78 valence electrons. The lowest BCUT2D eigenvalue weighted by Gasteiger charge is -2.15. The van der Waals surface area contributed by atoms with Crippen molar-refractivity contribution in [2.45, 2.75) is 6.92 Å². The summed E-state index contributed by atoms with van der Waals surface area (Å²) in [4.78, 5) is 6.49. The molecule has 0 N–H and O–H groups in total. The minimum atomic E-state index is 0.837. The van der Waals surface area contributed by atoms with Crippen LogP contribution in [0.4, 0.5) is 5.69 Å². The van der Waals surface area contributed by atoms with Gasteiger partial charge >= 0.3 is 0 Å². The van der Waals surface area contributed by atoms with Gasteiger partial charge in [-0.1, -0.05) is 12.1 Å². The molecule has 0 aliphatic carbocycles. The summed E-state index contributed by atoms with van der Waals surface area (Å²) in [5.74, 6) is 0.837. The number of para-hydroxylation sites is 1. The molecule has 3 nitrogen and oxygen atoms in total. The summed E-state index contributed by atoms with van der Waals surface area (Å²) in [7, 11) is 4.07. The van der Waals surface area contributed by atoms with Gasteiger partial charge in [0.25, 0.3) is 0 Å². The summed E-state index contributed by atoms with van der Waals surface area (Å²) in [6, 6.07) is 8.23. The van der Waals surface area contributed by atoms with Gasteiger partial charge < -0.3 is 4.90 Å². The highest BCUT2D eigenvalue weighted by molar-refractivity contribution is 7.09. The normalized spacial score (nSPS) is 10.3. The maximum atomic E-state index is 4.40. The minimum absolute atomic E-state index is 0.837. The average molecular weight is 219 g/mol. The number of aromatic nitrogens is 2. The summed E-state index contributed by atoms with van der Waals surface area (Å²) in [5, 5.41) is 0.983. The Hall–Kier alpha value is -1.42. The van der Waals surface area contributed by atoms with Crippen molar-refractivity contribution in [2.75, 3.05) is 19.0 Å². The summed E-state index contributed by atoms with van der Waals surface area (Å²) in [6.45, 7) is 1.91. The van der Waals surface area contributed by atoms with E-state index >= 15 is 0 Å². The second kappa shape index (κ2) is 3.98. The van der Waals surface area contributed by atoms with Crippen LogP contribution in [-0.2, 0) is 0 Å². The molecule has 0 unspecified atom stereocenters. The van der Waals surface area contributed by atoms with Gasteiger partial charge in [0.15, 0.2) is 0 Å². The molecule has 0 fully saturated rings. The van der Waals surface area contributed by atoms with E-state index in [9.17, 15) is 0 Å². The first-order valence-corrected chi connectivity index (χ1v) is 5.53. The highest BCUT2D eigenvalue weighted by Gasteiger charge is 2.09. The predicted molar refractivity (Wildman–Crippen MR) is 64.4 cm³/mol. The smallest absolute Gasteiger partial charge is 0.146 e. The third-order valence-electron chi connectivity index (χ3n) is 2.14. The van der Waals surface area contributed by atoms with Gasteiger partial charge in [0, 0.05) is 25.3 Å². The third-order valence-corrected chi connectivity index (χ3v) is 2.98. The molecular weight excluding hydrogens is 206 g/mol. The zero-order valence-corrected chi connectivity index (χ0v) is 9.88. The van der Waals surface area contributed by atoms with E-state index in [1.807, 2.05) is 33.2 Å². The zero-order chi connectivity index (χ0) is 10.8. The Kier molecular flexibility index (Phi) is 2.68. The molecule has 15 heavy (non-hydrogen) atoms. The molecule has 0 aliphatic heterocycles. The van der Waals surface area contributed by atoms with E-state index in [1.165, 1.54) is 17.2 Å². The van der Waals surface area contributed by atoms with Crippen LogP contribution in [0.1, 0.15) is 5.82 Å². The Morgan fingerprint density at radius 1 is 1.20 bits per heavy atom. The van der Waals surface area contributed by atoms with Crippen molar-refractivity contribution in [3.63, 3.8) is 0 Å². The second-order valence-electron chi connectivity index (χ2n) is 3.56. The van der Waals surface area contributed by atoms with E-state index in [-0.39, 0.29) is 0 Å². The van der Waals surface area contributed by atoms with Crippen LogP contribution in [0.5, 0.6) is 0 Å². The van der Waals surface area contributed by atoms with Gasteiger partial charge in [0.2, 0.25) is 0 Å². The van der Waals surface area contributed by atoms with Crippen LogP contribution >= 0.6 is 11.5 Å².